The molecule has 0 bridgehead atoms. The second-order valence-electron chi connectivity index (χ2n) is 5.50. The zero-order valence-electron chi connectivity index (χ0n) is 14.0. The minimum absolute atomic E-state index is 0.136. The van der Waals surface area contributed by atoms with Gasteiger partial charge in [0.25, 0.3) is 0 Å². The summed E-state index contributed by atoms with van der Waals surface area (Å²) in [6.07, 6.45) is 2.96. The van der Waals surface area contributed by atoms with Crippen LogP contribution in [0.5, 0.6) is 5.75 Å². The van der Waals surface area contributed by atoms with Gasteiger partial charge in [0.15, 0.2) is 23.5 Å². The van der Waals surface area contributed by atoms with E-state index in [1.807, 2.05) is 18.2 Å². The van der Waals surface area contributed by atoms with Crippen LogP contribution in [0.4, 0.5) is 27.5 Å². The first-order chi connectivity index (χ1) is 13.1. The first-order valence-corrected chi connectivity index (χ1v) is 8.65. The molecule has 27 heavy (non-hydrogen) atoms. The molecule has 0 aliphatic heterocycles. The van der Waals surface area contributed by atoms with E-state index in [-0.39, 0.29) is 17.4 Å². The van der Waals surface area contributed by atoms with Crippen LogP contribution in [0.2, 0.25) is 0 Å². The number of halogens is 2. The number of ether oxygens (including phenoxy) is 1. The number of nitrogens with one attached hydrogen (secondary N) is 2. The third-order valence-electron chi connectivity index (χ3n) is 3.77. The van der Waals surface area contributed by atoms with Crippen molar-refractivity contribution in [2.24, 2.45) is 0 Å². The molecule has 0 fully saturated rings. The van der Waals surface area contributed by atoms with Gasteiger partial charge in [-0.15, -0.1) is 0 Å². The molecule has 136 valence electrons. The van der Waals surface area contributed by atoms with Crippen molar-refractivity contribution in [2.45, 2.75) is 0 Å². The van der Waals surface area contributed by atoms with Crippen LogP contribution in [0, 0.1) is 5.82 Å². The summed E-state index contributed by atoms with van der Waals surface area (Å²) in [5.74, 6) is 0.364. The molecular formula is C18H13BrFN5O2. The third kappa shape index (κ3) is 3.54. The molecule has 0 unspecified atom stereocenters. The SMILES string of the molecule is COc1cccc(Nc2ncc(Br)c(Nc3ccc4ocnc4c3)n2)c1F. The van der Waals surface area contributed by atoms with Crippen molar-refractivity contribution in [3.63, 3.8) is 0 Å². The third-order valence-corrected chi connectivity index (χ3v) is 4.35. The van der Waals surface area contributed by atoms with Gasteiger partial charge in [-0.3, -0.25) is 0 Å². The van der Waals surface area contributed by atoms with Gasteiger partial charge < -0.3 is 19.8 Å². The van der Waals surface area contributed by atoms with E-state index in [9.17, 15) is 4.39 Å². The minimum atomic E-state index is -0.516. The zero-order valence-corrected chi connectivity index (χ0v) is 15.6. The fraction of sp³-hybridized carbons (Fsp3) is 0.0556. The van der Waals surface area contributed by atoms with Crippen LogP contribution in [-0.2, 0) is 0 Å². The number of rotatable bonds is 5. The number of anilines is 4. The van der Waals surface area contributed by atoms with E-state index < -0.39 is 5.82 Å². The lowest BCUT2D eigenvalue weighted by Crippen LogP contribution is -2.03. The summed E-state index contributed by atoms with van der Waals surface area (Å²) in [4.78, 5) is 12.7. The predicted molar refractivity (Wildman–Crippen MR) is 103 cm³/mol. The Morgan fingerprint density at radius 1 is 1.15 bits per heavy atom. The van der Waals surface area contributed by atoms with Crippen molar-refractivity contribution < 1.29 is 13.5 Å². The van der Waals surface area contributed by atoms with Gasteiger partial charge in [-0.05, 0) is 46.3 Å². The second kappa shape index (κ2) is 7.20. The molecule has 7 nitrogen and oxygen atoms in total. The van der Waals surface area contributed by atoms with Gasteiger partial charge in [-0.1, -0.05) is 6.07 Å². The number of benzene rings is 2. The van der Waals surface area contributed by atoms with Crippen LogP contribution in [-0.4, -0.2) is 22.1 Å². The highest BCUT2D eigenvalue weighted by molar-refractivity contribution is 9.10. The summed E-state index contributed by atoms with van der Waals surface area (Å²) in [6.45, 7) is 0. The summed E-state index contributed by atoms with van der Waals surface area (Å²) in [5, 5.41) is 6.04. The lowest BCUT2D eigenvalue weighted by atomic mass is 10.3. The van der Waals surface area contributed by atoms with Gasteiger partial charge in [-0.2, -0.15) is 4.98 Å². The monoisotopic (exact) mass is 429 g/mol. The van der Waals surface area contributed by atoms with Crippen LogP contribution in [0.15, 0.2) is 57.9 Å². The van der Waals surface area contributed by atoms with E-state index in [1.165, 1.54) is 19.6 Å². The Hall–Kier alpha value is -3.20. The molecule has 2 aromatic carbocycles. The van der Waals surface area contributed by atoms with E-state index in [1.54, 1.807) is 18.3 Å². The van der Waals surface area contributed by atoms with Crippen LogP contribution in [0.3, 0.4) is 0 Å². The standard InChI is InChI=1S/C18H13BrFN5O2/c1-26-15-4-2-3-12(16(15)20)24-18-21-8-11(19)17(25-18)23-10-5-6-14-13(7-10)22-9-27-14/h2-9H,1H3,(H2,21,23,24,25). The molecule has 0 radical (unpaired) electrons. The van der Waals surface area contributed by atoms with Crippen molar-refractivity contribution >= 4 is 50.2 Å². The van der Waals surface area contributed by atoms with E-state index >= 15 is 0 Å². The highest BCUT2D eigenvalue weighted by Crippen LogP contribution is 2.29. The number of fused-ring (bicyclic) bond motifs is 1. The van der Waals surface area contributed by atoms with Crippen molar-refractivity contribution in [3.05, 3.63) is 59.3 Å². The van der Waals surface area contributed by atoms with Gasteiger partial charge >= 0.3 is 0 Å². The highest BCUT2D eigenvalue weighted by Gasteiger charge is 2.12. The molecule has 0 amide bonds. The van der Waals surface area contributed by atoms with Crippen molar-refractivity contribution in [2.75, 3.05) is 17.7 Å². The van der Waals surface area contributed by atoms with E-state index in [0.29, 0.717) is 15.9 Å². The Morgan fingerprint density at radius 2 is 2.04 bits per heavy atom. The predicted octanol–water partition coefficient (Wildman–Crippen LogP) is 5.02. The van der Waals surface area contributed by atoms with E-state index in [4.69, 9.17) is 9.15 Å². The van der Waals surface area contributed by atoms with Gasteiger partial charge in [-0.25, -0.2) is 14.4 Å². The summed E-state index contributed by atoms with van der Waals surface area (Å²) in [7, 11) is 1.41. The number of hydrogen-bond acceptors (Lipinski definition) is 7. The lowest BCUT2D eigenvalue weighted by Gasteiger charge is -2.11. The van der Waals surface area contributed by atoms with Crippen molar-refractivity contribution in [1.29, 1.82) is 0 Å². The molecule has 4 rings (SSSR count). The largest absolute Gasteiger partial charge is 0.494 e. The highest BCUT2D eigenvalue weighted by atomic mass is 79.9. The van der Waals surface area contributed by atoms with Crippen molar-refractivity contribution in [1.82, 2.24) is 15.0 Å². The number of oxazole rings is 1. The summed E-state index contributed by atoms with van der Waals surface area (Å²) in [6, 6.07) is 10.3. The van der Waals surface area contributed by atoms with E-state index in [0.717, 1.165) is 11.2 Å². The average Bonchev–Trinajstić information content (AvgIpc) is 3.14. The Bertz CT molecular complexity index is 1120. The average molecular weight is 430 g/mol. The number of aromatic nitrogens is 3. The minimum Gasteiger partial charge on any atom is -0.494 e. The summed E-state index contributed by atoms with van der Waals surface area (Å²) < 4.78 is 25.2. The topological polar surface area (TPSA) is 85.1 Å². The molecule has 2 heterocycles. The van der Waals surface area contributed by atoms with Crippen LogP contribution < -0.4 is 15.4 Å². The first-order valence-electron chi connectivity index (χ1n) is 7.86. The smallest absolute Gasteiger partial charge is 0.229 e. The van der Waals surface area contributed by atoms with Gasteiger partial charge in [0.2, 0.25) is 5.95 Å². The summed E-state index contributed by atoms with van der Waals surface area (Å²) in [5.41, 5.74) is 2.40. The zero-order chi connectivity index (χ0) is 18.8. The Balaban J connectivity index is 1.61. The van der Waals surface area contributed by atoms with Gasteiger partial charge in [0, 0.05) is 11.9 Å². The molecule has 4 aromatic rings. The number of nitrogens with zero attached hydrogens (tertiary/aromatic N) is 3. The molecule has 2 N–H and O–H groups in total. The number of hydrogen-bond donors (Lipinski definition) is 2. The first kappa shape index (κ1) is 17.2. The molecular weight excluding hydrogens is 417 g/mol. The van der Waals surface area contributed by atoms with Crippen LogP contribution in [0.25, 0.3) is 11.1 Å². The lowest BCUT2D eigenvalue weighted by molar-refractivity contribution is 0.387. The molecule has 0 atom stereocenters. The van der Waals surface area contributed by atoms with Crippen LogP contribution >= 0.6 is 15.9 Å². The number of methoxy groups -OCH3 is 1. The van der Waals surface area contributed by atoms with E-state index in [2.05, 4.69) is 41.5 Å². The molecule has 2 aromatic heterocycles. The summed E-state index contributed by atoms with van der Waals surface area (Å²) >= 11 is 3.41. The van der Waals surface area contributed by atoms with Crippen molar-refractivity contribution in [3.8, 4) is 5.75 Å². The van der Waals surface area contributed by atoms with Gasteiger partial charge in [0.05, 0.1) is 17.3 Å². The molecule has 0 saturated heterocycles. The maximum Gasteiger partial charge on any atom is 0.229 e. The quantitative estimate of drug-likeness (QED) is 0.460. The molecule has 0 spiro atoms. The van der Waals surface area contributed by atoms with Gasteiger partial charge in [0.1, 0.15) is 11.3 Å². The maximum absolute atomic E-state index is 14.3. The molecule has 0 saturated carbocycles. The maximum atomic E-state index is 14.3. The Morgan fingerprint density at radius 3 is 2.89 bits per heavy atom. The normalized spacial score (nSPS) is 10.8. The fourth-order valence-electron chi connectivity index (χ4n) is 2.47. The fourth-order valence-corrected chi connectivity index (χ4v) is 2.76. The molecule has 0 aliphatic carbocycles. The molecule has 9 heteroatoms. The molecule has 0 aliphatic rings. The van der Waals surface area contributed by atoms with Crippen LogP contribution in [0.1, 0.15) is 0 Å². The Kier molecular flexibility index (Phi) is 4.59. The Labute approximate surface area is 161 Å². The second-order valence-corrected chi connectivity index (χ2v) is 6.35.